The van der Waals surface area contributed by atoms with Gasteiger partial charge in [0.25, 0.3) is 0 Å². The average Bonchev–Trinajstić information content (AvgIpc) is 3.18. The second-order valence-electron chi connectivity index (χ2n) is 8.42. The number of ether oxygens (including phenoxy) is 2. The molecular weight excluding hydrogens is 320 g/mol. The van der Waals surface area contributed by atoms with Gasteiger partial charge in [0, 0.05) is 12.0 Å². The van der Waals surface area contributed by atoms with Gasteiger partial charge in [-0.2, -0.15) is 0 Å². The third-order valence-corrected chi connectivity index (χ3v) is 6.02. The molecule has 1 N–H and O–H groups in total. The summed E-state index contributed by atoms with van der Waals surface area (Å²) in [5.41, 5.74) is -2.04. The van der Waals surface area contributed by atoms with Crippen molar-refractivity contribution < 1.29 is 24.2 Å². The number of rotatable bonds is 0. The van der Waals surface area contributed by atoms with Crippen LogP contribution in [-0.2, 0) is 19.1 Å². The summed E-state index contributed by atoms with van der Waals surface area (Å²) in [5.74, 6) is -0.656. The minimum absolute atomic E-state index is 0.0241. The molecule has 0 radical (unpaired) electrons. The summed E-state index contributed by atoms with van der Waals surface area (Å²) < 4.78 is 11.4. The first-order chi connectivity index (χ1) is 11.5. The van der Waals surface area contributed by atoms with Crippen LogP contribution in [0.1, 0.15) is 59.3 Å². The molecule has 138 valence electrons. The van der Waals surface area contributed by atoms with Crippen molar-refractivity contribution in [2.24, 2.45) is 5.92 Å². The summed E-state index contributed by atoms with van der Waals surface area (Å²) in [5, 5.41) is 10.5. The van der Waals surface area contributed by atoms with E-state index in [4.69, 9.17) is 9.47 Å². The lowest BCUT2D eigenvalue weighted by molar-refractivity contribution is -0.162. The minimum Gasteiger partial charge on any atom is -0.448 e. The number of fused-ring (bicyclic) bond motifs is 4. The number of epoxide rings is 1. The third-order valence-electron chi connectivity index (χ3n) is 6.02. The zero-order chi connectivity index (χ0) is 18.5. The van der Waals surface area contributed by atoms with E-state index in [1.54, 1.807) is 19.9 Å². The molecule has 3 rings (SSSR count). The lowest BCUT2D eigenvalue weighted by Crippen LogP contribution is -2.40. The number of carbonyl (C=O) groups is 2. The van der Waals surface area contributed by atoms with Crippen molar-refractivity contribution in [3.63, 3.8) is 0 Å². The lowest BCUT2D eigenvalue weighted by atomic mass is 9.82. The van der Waals surface area contributed by atoms with Crippen molar-refractivity contribution in [3.05, 3.63) is 24.3 Å². The van der Waals surface area contributed by atoms with E-state index in [9.17, 15) is 14.7 Å². The van der Waals surface area contributed by atoms with Crippen molar-refractivity contribution in [2.75, 3.05) is 0 Å². The molecule has 2 saturated heterocycles. The first-order valence-electron chi connectivity index (χ1n) is 9.08. The SMILES string of the molecule is C=C1C(=O)O[C@]2(C)CC[C@@H]1C[C@H]1O[C@@]1(C)C/C=C\[C@](C)(O)CCC2=O. The van der Waals surface area contributed by atoms with Gasteiger partial charge in [-0.15, -0.1) is 0 Å². The molecule has 0 spiro atoms. The quantitative estimate of drug-likeness (QED) is 0.315. The predicted octanol–water partition coefficient (Wildman–Crippen LogP) is 2.86. The summed E-state index contributed by atoms with van der Waals surface area (Å²) in [7, 11) is 0. The fourth-order valence-electron chi connectivity index (χ4n) is 3.86. The van der Waals surface area contributed by atoms with Gasteiger partial charge in [-0.1, -0.05) is 18.7 Å². The third kappa shape index (κ3) is 3.72. The van der Waals surface area contributed by atoms with Crippen molar-refractivity contribution in [1.29, 1.82) is 0 Å². The summed E-state index contributed by atoms with van der Waals surface area (Å²) in [6, 6.07) is 0. The molecule has 5 nitrogen and oxygen atoms in total. The van der Waals surface area contributed by atoms with Gasteiger partial charge in [0.05, 0.1) is 17.3 Å². The van der Waals surface area contributed by atoms with E-state index < -0.39 is 17.2 Å². The Morgan fingerprint density at radius 1 is 1.24 bits per heavy atom. The maximum atomic E-state index is 12.7. The Balaban J connectivity index is 1.89. The van der Waals surface area contributed by atoms with E-state index in [1.165, 1.54) is 0 Å². The second kappa shape index (κ2) is 6.06. The first-order valence-corrected chi connectivity index (χ1v) is 9.08. The summed E-state index contributed by atoms with van der Waals surface area (Å²) >= 11 is 0. The van der Waals surface area contributed by atoms with Gasteiger partial charge in [-0.05, 0) is 58.8 Å². The number of esters is 1. The summed E-state index contributed by atoms with van der Waals surface area (Å²) in [6.45, 7) is 9.34. The Morgan fingerprint density at radius 2 is 1.96 bits per heavy atom. The number of carbonyl (C=O) groups excluding carboxylic acids is 2. The lowest BCUT2D eigenvalue weighted by Gasteiger charge is -2.28. The van der Waals surface area contributed by atoms with E-state index in [2.05, 4.69) is 6.58 Å². The largest absolute Gasteiger partial charge is 0.448 e. The Morgan fingerprint density at radius 3 is 2.68 bits per heavy atom. The van der Waals surface area contributed by atoms with Crippen LogP contribution in [0.5, 0.6) is 0 Å². The van der Waals surface area contributed by atoms with Gasteiger partial charge in [0.2, 0.25) is 0 Å². The highest BCUT2D eigenvalue weighted by Gasteiger charge is 2.53. The van der Waals surface area contributed by atoms with Crippen molar-refractivity contribution in [2.45, 2.75) is 82.2 Å². The topological polar surface area (TPSA) is 76.1 Å². The second-order valence-corrected chi connectivity index (χ2v) is 8.42. The Labute approximate surface area is 149 Å². The molecule has 2 bridgehead atoms. The fourth-order valence-corrected chi connectivity index (χ4v) is 3.86. The molecule has 25 heavy (non-hydrogen) atoms. The Hall–Kier alpha value is -1.46. The molecule has 1 aliphatic carbocycles. The zero-order valence-electron chi connectivity index (χ0n) is 15.3. The van der Waals surface area contributed by atoms with Crippen molar-refractivity contribution in [3.8, 4) is 0 Å². The highest BCUT2D eigenvalue weighted by Crippen LogP contribution is 2.46. The molecule has 0 aromatic rings. The highest BCUT2D eigenvalue weighted by molar-refractivity contribution is 5.94. The standard InChI is InChI=1S/C20H28O5/c1-13-14-6-11-19(3,25-17(13)22)15(21)7-10-18(2,23)8-5-9-20(4)16(12-14)24-20/h5,8,14,16,23H,1,6-7,9-12H2,2-4H3/b8-5-/t14-,16-,18+,19-,20+/m1/s1. The van der Waals surface area contributed by atoms with Crippen LogP contribution in [0.25, 0.3) is 0 Å². The van der Waals surface area contributed by atoms with Crippen LogP contribution < -0.4 is 0 Å². The number of hydrogen-bond acceptors (Lipinski definition) is 5. The number of hydrogen-bond donors (Lipinski definition) is 1. The van der Waals surface area contributed by atoms with Crippen LogP contribution in [0.3, 0.4) is 0 Å². The normalized spacial score (nSPS) is 46.6. The van der Waals surface area contributed by atoms with Crippen LogP contribution >= 0.6 is 0 Å². The van der Waals surface area contributed by atoms with E-state index in [-0.39, 0.29) is 29.8 Å². The minimum atomic E-state index is -1.15. The number of ketones is 1. The van der Waals surface area contributed by atoms with Crippen LogP contribution in [0, 0.1) is 5.92 Å². The van der Waals surface area contributed by atoms with Gasteiger partial charge in [0.15, 0.2) is 11.4 Å². The van der Waals surface area contributed by atoms with Crippen molar-refractivity contribution in [1.82, 2.24) is 0 Å². The summed E-state index contributed by atoms with van der Waals surface area (Å²) in [4.78, 5) is 25.1. The van der Waals surface area contributed by atoms with E-state index in [0.717, 1.165) is 0 Å². The molecule has 2 heterocycles. The summed E-state index contributed by atoms with van der Waals surface area (Å²) in [6.07, 6.45) is 6.74. The van der Waals surface area contributed by atoms with E-state index in [0.29, 0.717) is 37.7 Å². The Kier molecular flexibility index (Phi) is 4.44. The number of Topliss-reactive ketones (excluding diaryl/α,β-unsaturated/α-hetero) is 1. The van der Waals surface area contributed by atoms with Gasteiger partial charge in [-0.25, -0.2) is 4.79 Å². The van der Waals surface area contributed by atoms with E-state index >= 15 is 0 Å². The highest BCUT2D eigenvalue weighted by atomic mass is 16.6. The zero-order valence-corrected chi connectivity index (χ0v) is 15.3. The van der Waals surface area contributed by atoms with Crippen LogP contribution in [0.15, 0.2) is 24.3 Å². The molecule has 3 aliphatic rings. The van der Waals surface area contributed by atoms with Gasteiger partial charge in [-0.3, -0.25) is 4.79 Å². The fraction of sp³-hybridized carbons (Fsp3) is 0.700. The van der Waals surface area contributed by atoms with Gasteiger partial charge >= 0.3 is 5.97 Å². The molecule has 0 unspecified atom stereocenters. The molecule has 0 saturated carbocycles. The van der Waals surface area contributed by atoms with Crippen LogP contribution in [0.2, 0.25) is 0 Å². The van der Waals surface area contributed by atoms with Crippen molar-refractivity contribution >= 4 is 11.8 Å². The predicted molar refractivity (Wildman–Crippen MR) is 92.9 cm³/mol. The molecule has 0 aromatic heterocycles. The average molecular weight is 348 g/mol. The van der Waals surface area contributed by atoms with E-state index in [1.807, 2.05) is 13.0 Å². The monoisotopic (exact) mass is 348 g/mol. The van der Waals surface area contributed by atoms with Gasteiger partial charge < -0.3 is 14.6 Å². The number of aliphatic hydroxyl groups is 1. The maximum absolute atomic E-state index is 12.7. The molecule has 2 aliphatic heterocycles. The molecule has 5 atom stereocenters. The molecule has 5 heteroatoms. The maximum Gasteiger partial charge on any atom is 0.334 e. The molecule has 0 aromatic carbocycles. The van der Waals surface area contributed by atoms with Crippen LogP contribution in [0.4, 0.5) is 0 Å². The van der Waals surface area contributed by atoms with Gasteiger partial charge in [0.1, 0.15) is 0 Å². The first kappa shape index (κ1) is 18.3. The Bertz CT molecular complexity index is 634. The molecule has 0 amide bonds. The molecule has 2 fully saturated rings. The smallest absolute Gasteiger partial charge is 0.334 e. The molecular formula is C20H28O5. The van der Waals surface area contributed by atoms with Crippen LogP contribution in [-0.4, -0.2) is 39.8 Å².